The predicted octanol–water partition coefficient (Wildman–Crippen LogP) is 7.01. The van der Waals surface area contributed by atoms with Gasteiger partial charge in [0.15, 0.2) is 5.78 Å². The second-order valence-electron chi connectivity index (χ2n) is 8.15. The Kier molecular flexibility index (Phi) is 5.67. The minimum atomic E-state index is -0.0423. The standard InChI is InChI=1S/C30H25NO/c32-30(25-16-8-3-9-17-25)21-29-27-19-11-10-18-26(27)20-28(24-14-6-2-7-15-24)31(29)22-23-12-4-1-5-13-23/h1-20,29H,21-22H2. The molecule has 0 spiro atoms. The first kappa shape index (κ1) is 20.0. The summed E-state index contributed by atoms with van der Waals surface area (Å²) >= 11 is 0. The normalized spacial score (nSPS) is 15.1. The van der Waals surface area contributed by atoms with Crippen LogP contribution in [0.1, 0.15) is 45.1 Å². The van der Waals surface area contributed by atoms with E-state index in [0.717, 1.165) is 23.4 Å². The quantitative estimate of drug-likeness (QED) is 0.316. The summed E-state index contributed by atoms with van der Waals surface area (Å²) in [4.78, 5) is 15.7. The van der Waals surface area contributed by atoms with Crippen LogP contribution in [0.3, 0.4) is 0 Å². The fourth-order valence-corrected chi connectivity index (χ4v) is 4.48. The summed E-state index contributed by atoms with van der Waals surface area (Å²) < 4.78 is 0. The van der Waals surface area contributed by atoms with Gasteiger partial charge in [-0.05, 0) is 28.3 Å². The summed E-state index contributed by atoms with van der Waals surface area (Å²) in [7, 11) is 0. The molecule has 1 aliphatic heterocycles. The molecule has 0 bridgehead atoms. The molecule has 5 rings (SSSR count). The number of rotatable bonds is 6. The summed E-state index contributed by atoms with van der Waals surface area (Å²) in [5.41, 5.74) is 6.69. The van der Waals surface area contributed by atoms with Crippen molar-refractivity contribution in [1.82, 2.24) is 4.90 Å². The summed E-state index contributed by atoms with van der Waals surface area (Å²) in [5.74, 6) is 0.165. The average molecular weight is 416 g/mol. The molecule has 0 saturated carbocycles. The highest BCUT2D eigenvalue weighted by Crippen LogP contribution is 2.41. The first-order valence-electron chi connectivity index (χ1n) is 11.0. The average Bonchev–Trinajstić information content (AvgIpc) is 2.87. The molecular weight excluding hydrogens is 390 g/mol. The number of hydrogen-bond acceptors (Lipinski definition) is 2. The number of nitrogens with zero attached hydrogens (tertiary/aromatic N) is 1. The largest absolute Gasteiger partial charge is 0.359 e. The summed E-state index contributed by atoms with van der Waals surface area (Å²) in [6.07, 6.45) is 2.69. The Balaban J connectivity index is 1.60. The van der Waals surface area contributed by atoms with Gasteiger partial charge in [-0.2, -0.15) is 0 Å². The molecule has 0 amide bonds. The fraction of sp³-hybridized carbons (Fsp3) is 0.100. The highest BCUT2D eigenvalue weighted by Gasteiger charge is 2.31. The molecule has 2 nitrogen and oxygen atoms in total. The number of carbonyl (C=O) groups is 1. The van der Waals surface area contributed by atoms with E-state index in [-0.39, 0.29) is 11.8 Å². The van der Waals surface area contributed by atoms with Gasteiger partial charge in [-0.15, -0.1) is 0 Å². The van der Waals surface area contributed by atoms with Crippen LogP contribution < -0.4 is 0 Å². The molecule has 32 heavy (non-hydrogen) atoms. The maximum atomic E-state index is 13.3. The van der Waals surface area contributed by atoms with Crippen LogP contribution in [0.25, 0.3) is 11.8 Å². The molecule has 156 valence electrons. The Labute approximate surface area is 189 Å². The first-order valence-corrected chi connectivity index (χ1v) is 11.0. The molecule has 4 aromatic rings. The lowest BCUT2D eigenvalue weighted by atomic mass is 9.87. The van der Waals surface area contributed by atoms with E-state index < -0.39 is 0 Å². The minimum Gasteiger partial charge on any atom is -0.359 e. The molecule has 1 unspecified atom stereocenters. The maximum Gasteiger partial charge on any atom is 0.165 e. The monoisotopic (exact) mass is 415 g/mol. The minimum absolute atomic E-state index is 0.0423. The highest BCUT2D eigenvalue weighted by molar-refractivity contribution is 5.97. The van der Waals surface area contributed by atoms with Crippen molar-refractivity contribution in [3.8, 4) is 0 Å². The Morgan fingerprint density at radius 1 is 0.688 bits per heavy atom. The van der Waals surface area contributed by atoms with Gasteiger partial charge in [0, 0.05) is 24.2 Å². The van der Waals surface area contributed by atoms with Crippen LogP contribution in [0.15, 0.2) is 115 Å². The number of fused-ring (bicyclic) bond motifs is 1. The van der Waals surface area contributed by atoms with E-state index in [1.54, 1.807) is 0 Å². The second kappa shape index (κ2) is 9.07. The summed E-state index contributed by atoms with van der Waals surface area (Å²) in [6.45, 7) is 0.739. The van der Waals surface area contributed by atoms with Crippen molar-refractivity contribution in [3.05, 3.63) is 143 Å². The maximum absolute atomic E-state index is 13.3. The van der Waals surface area contributed by atoms with Crippen LogP contribution in [0, 0.1) is 0 Å². The number of benzene rings is 4. The zero-order valence-corrected chi connectivity index (χ0v) is 17.9. The summed E-state index contributed by atoms with van der Waals surface area (Å²) in [5, 5.41) is 0. The molecule has 0 saturated heterocycles. The summed E-state index contributed by atoms with van der Waals surface area (Å²) in [6, 6.07) is 39.0. The van der Waals surface area contributed by atoms with Crippen molar-refractivity contribution in [1.29, 1.82) is 0 Å². The lowest BCUT2D eigenvalue weighted by Gasteiger charge is -2.40. The zero-order valence-electron chi connectivity index (χ0n) is 17.9. The van der Waals surface area contributed by atoms with Gasteiger partial charge in [-0.3, -0.25) is 4.79 Å². The van der Waals surface area contributed by atoms with Gasteiger partial charge in [0.2, 0.25) is 0 Å². The van der Waals surface area contributed by atoms with E-state index in [2.05, 4.69) is 83.8 Å². The smallest absolute Gasteiger partial charge is 0.165 e. The molecule has 2 heteroatoms. The third kappa shape index (κ3) is 4.13. The Bertz CT molecular complexity index is 1230. The zero-order chi connectivity index (χ0) is 21.8. The van der Waals surface area contributed by atoms with Gasteiger partial charge in [0.1, 0.15) is 0 Å². The lowest BCUT2D eigenvalue weighted by molar-refractivity contribution is 0.0943. The van der Waals surface area contributed by atoms with Gasteiger partial charge in [0.25, 0.3) is 0 Å². The van der Waals surface area contributed by atoms with Crippen molar-refractivity contribution in [2.75, 3.05) is 0 Å². The van der Waals surface area contributed by atoms with Gasteiger partial charge in [-0.25, -0.2) is 0 Å². The fourth-order valence-electron chi connectivity index (χ4n) is 4.48. The van der Waals surface area contributed by atoms with Crippen molar-refractivity contribution in [2.24, 2.45) is 0 Å². The van der Waals surface area contributed by atoms with Gasteiger partial charge in [0.05, 0.1) is 6.04 Å². The van der Waals surface area contributed by atoms with Crippen LogP contribution in [-0.4, -0.2) is 10.7 Å². The third-order valence-corrected chi connectivity index (χ3v) is 6.07. The van der Waals surface area contributed by atoms with E-state index in [1.807, 2.05) is 42.5 Å². The molecule has 1 heterocycles. The third-order valence-electron chi connectivity index (χ3n) is 6.07. The molecule has 0 aromatic heterocycles. The van der Waals surface area contributed by atoms with Crippen molar-refractivity contribution < 1.29 is 4.79 Å². The van der Waals surface area contributed by atoms with Crippen LogP contribution in [-0.2, 0) is 6.54 Å². The van der Waals surface area contributed by atoms with Gasteiger partial charge >= 0.3 is 0 Å². The topological polar surface area (TPSA) is 20.3 Å². The van der Waals surface area contributed by atoms with Crippen molar-refractivity contribution in [2.45, 2.75) is 19.0 Å². The SMILES string of the molecule is O=C(CC1c2ccccc2C=C(c2ccccc2)N1Cc1ccccc1)c1ccccc1. The number of hydrogen-bond donors (Lipinski definition) is 0. The van der Waals surface area contributed by atoms with E-state index in [9.17, 15) is 4.79 Å². The Morgan fingerprint density at radius 3 is 2.00 bits per heavy atom. The predicted molar refractivity (Wildman–Crippen MR) is 131 cm³/mol. The number of ketones is 1. The van der Waals surface area contributed by atoms with E-state index in [4.69, 9.17) is 0 Å². The van der Waals surface area contributed by atoms with E-state index >= 15 is 0 Å². The molecular formula is C30H25NO. The molecule has 0 aliphatic carbocycles. The Morgan fingerprint density at radius 2 is 1.28 bits per heavy atom. The number of Topliss-reactive ketones (excluding diaryl/α,β-unsaturated/α-hetero) is 1. The molecule has 4 aromatic carbocycles. The number of carbonyl (C=O) groups excluding carboxylic acids is 1. The van der Waals surface area contributed by atoms with Crippen LogP contribution in [0.4, 0.5) is 0 Å². The van der Waals surface area contributed by atoms with Crippen molar-refractivity contribution >= 4 is 17.6 Å². The molecule has 0 radical (unpaired) electrons. The molecule has 0 N–H and O–H groups in total. The van der Waals surface area contributed by atoms with Crippen LogP contribution in [0.5, 0.6) is 0 Å². The van der Waals surface area contributed by atoms with E-state index in [0.29, 0.717) is 6.42 Å². The highest BCUT2D eigenvalue weighted by atomic mass is 16.1. The lowest BCUT2D eigenvalue weighted by Crippen LogP contribution is -2.31. The van der Waals surface area contributed by atoms with Crippen LogP contribution >= 0.6 is 0 Å². The van der Waals surface area contributed by atoms with Gasteiger partial charge < -0.3 is 4.90 Å². The Hall–Kier alpha value is -3.91. The molecule has 0 fully saturated rings. The molecule has 1 aliphatic rings. The van der Waals surface area contributed by atoms with Gasteiger partial charge in [-0.1, -0.05) is 115 Å². The first-order chi connectivity index (χ1) is 15.8. The van der Waals surface area contributed by atoms with Crippen molar-refractivity contribution in [3.63, 3.8) is 0 Å². The second-order valence-corrected chi connectivity index (χ2v) is 8.15. The van der Waals surface area contributed by atoms with Crippen LogP contribution in [0.2, 0.25) is 0 Å². The van der Waals surface area contributed by atoms with E-state index in [1.165, 1.54) is 16.7 Å². The molecule has 1 atom stereocenters.